The fourth-order valence-corrected chi connectivity index (χ4v) is 2.99. The molecular weight excluding hydrogens is 200 g/mol. The Labute approximate surface area is 86.5 Å². The van der Waals surface area contributed by atoms with Gasteiger partial charge in [0, 0.05) is 19.1 Å². The average molecular weight is 220 g/mol. The maximum atomic E-state index is 12.1. The lowest BCUT2D eigenvalue weighted by molar-refractivity contribution is 0.394. The normalized spacial score (nSPS) is 18.9. The van der Waals surface area contributed by atoms with E-state index in [1.807, 2.05) is 0 Å². The average Bonchev–Trinajstić information content (AvgIpc) is 2.80. The van der Waals surface area contributed by atoms with Crippen LogP contribution < -0.4 is 5.73 Å². The lowest BCUT2D eigenvalue weighted by Gasteiger charge is -2.29. The van der Waals surface area contributed by atoms with Gasteiger partial charge in [-0.15, -0.1) is 0 Å². The highest BCUT2D eigenvalue weighted by Crippen LogP contribution is 2.33. The molecule has 0 atom stereocenters. The summed E-state index contributed by atoms with van der Waals surface area (Å²) in [6, 6.07) is 0.211. The van der Waals surface area contributed by atoms with E-state index in [4.69, 9.17) is 5.73 Å². The van der Waals surface area contributed by atoms with Gasteiger partial charge in [0.25, 0.3) is 0 Å². The largest absolute Gasteiger partial charge is 0.329 e. The molecule has 1 aliphatic carbocycles. The SMILES string of the molecule is CC(C)(C)S(=O)(=O)N(CCN)C1CC1. The number of hydrogen-bond donors (Lipinski definition) is 1. The third-order valence-electron chi connectivity index (χ3n) is 2.39. The zero-order valence-corrected chi connectivity index (χ0v) is 9.97. The molecular formula is C9H20N2O2S. The topological polar surface area (TPSA) is 63.4 Å². The van der Waals surface area contributed by atoms with Crippen LogP contribution in [-0.2, 0) is 10.0 Å². The molecule has 1 rings (SSSR count). The lowest BCUT2D eigenvalue weighted by Crippen LogP contribution is -2.46. The lowest BCUT2D eigenvalue weighted by atomic mass is 10.3. The van der Waals surface area contributed by atoms with Crippen molar-refractivity contribution in [3.8, 4) is 0 Å². The number of hydrogen-bond acceptors (Lipinski definition) is 3. The van der Waals surface area contributed by atoms with E-state index >= 15 is 0 Å². The van der Waals surface area contributed by atoms with Gasteiger partial charge in [-0.2, -0.15) is 4.31 Å². The molecule has 0 aromatic heterocycles. The quantitative estimate of drug-likeness (QED) is 0.752. The van der Waals surface area contributed by atoms with Crippen molar-refractivity contribution in [1.29, 1.82) is 0 Å². The molecule has 0 heterocycles. The van der Waals surface area contributed by atoms with Gasteiger partial charge in [0.05, 0.1) is 4.75 Å². The van der Waals surface area contributed by atoms with Crippen LogP contribution in [0.2, 0.25) is 0 Å². The molecule has 0 amide bonds. The minimum Gasteiger partial charge on any atom is -0.329 e. The van der Waals surface area contributed by atoms with Crippen molar-refractivity contribution >= 4 is 10.0 Å². The molecule has 0 aromatic rings. The van der Waals surface area contributed by atoms with E-state index in [1.54, 1.807) is 25.1 Å². The fourth-order valence-electron chi connectivity index (χ4n) is 1.34. The number of sulfonamides is 1. The Hall–Kier alpha value is -0.130. The first kappa shape index (κ1) is 11.9. The number of rotatable bonds is 4. The van der Waals surface area contributed by atoms with Crippen molar-refractivity contribution < 1.29 is 8.42 Å². The van der Waals surface area contributed by atoms with Crippen LogP contribution in [0.25, 0.3) is 0 Å². The minimum atomic E-state index is -3.18. The monoisotopic (exact) mass is 220 g/mol. The van der Waals surface area contributed by atoms with Crippen molar-refractivity contribution in [2.45, 2.75) is 44.4 Å². The van der Waals surface area contributed by atoms with Crippen LogP contribution in [0.1, 0.15) is 33.6 Å². The molecule has 84 valence electrons. The van der Waals surface area contributed by atoms with Gasteiger partial charge in [-0.3, -0.25) is 0 Å². The van der Waals surface area contributed by atoms with E-state index in [0.717, 1.165) is 12.8 Å². The predicted octanol–water partition coefficient (Wildman–Crippen LogP) is 0.538. The Morgan fingerprint density at radius 2 is 1.86 bits per heavy atom. The molecule has 1 fully saturated rings. The Morgan fingerprint density at radius 1 is 1.36 bits per heavy atom. The van der Waals surface area contributed by atoms with Crippen LogP contribution in [0.4, 0.5) is 0 Å². The molecule has 14 heavy (non-hydrogen) atoms. The Bertz CT molecular complexity index is 288. The smallest absolute Gasteiger partial charge is 0.219 e. The van der Waals surface area contributed by atoms with Gasteiger partial charge < -0.3 is 5.73 Å². The Kier molecular flexibility index (Phi) is 3.23. The van der Waals surface area contributed by atoms with E-state index in [1.165, 1.54) is 0 Å². The molecule has 0 aromatic carbocycles. The van der Waals surface area contributed by atoms with Crippen molar-refractivity contribution in [1.82, 2.24) is 4.31 Å². The molecule has 1 saturated carbocycles. The standard InChI is InChI=1S/C9H20N2O2S/c1-9(2,3)14(12,13)11(7-6-10)8-4-5-8/h8H,4-7,10H2,1-3H3. The van der Waals surface area contributed by atoms with Crippen LogP contribution in [-0.4, -0.2) is 36.6 Å². The first-order valence-corrected chi connectivity index (χ1v) is 6.46. The highest BCUT2D eigenvalue weighted by atomic mass is 32.2. The third kappa shape index (κ3) is 2.27. The summed E-state index contributed by atoms with van der Waals surface area (Å²) in [6.07, 6.45) is 1.96. The van der Waals surface area contributed by atoms with Gasteiger partial charge >= 0.3 is 0 Å². The van der Waals surface area contributed by atoms with Gasteiger partial charge in [-0.1, -0.05) is 0 Å². The summed E-state index contributed by atoms with van der Waals surface area (Å²) >= 11 is 0. The minimum absolute atomic E-state index is 0.211. The van der Waals surface area contributed by atoms with Crippen molar-refractivity contribution in [2.24, 2.45) is 5.73 Å². The van der Waals surface area contributed by atoms with Gasteiger partial charge in [0.2, 0.25) is 10.0 Å². The molecule has 5 heteroatoms. The van der Waals surface area contributed by atoms with Gasteiger partial charge in [-0.05, 0) is 33.6 Å². The summed E-state index contributed by atoms with van der Waals surface area (Å²) < 4.78 is 25.0. The molecule has 1 aliphatic rings. The van der Waals surface area contributed by atoms with Crippen LogP contribution >= 0.6 is 0 Å². The van der Waals surface area contributed by atoms with Crippen LogP contribution in [0.3, 0.4) is 0 Å². The first-order valence-electron chi connectivity index (χ1n) is 5.02. The molecule has 0 bridgehead atoms. The highest BCUT2D eigenvalue weighted by Gasteiger charge is 2.42. The number of nitrogens with two attached hydrogens (primary N) is 1. The molecule has 0 saturated heterocycles. The van der Waals surface area contributed by atoms with E-state index < -0.39 is 14.8 Å². The first-order chi connectivity index (χ1) is 6.30. The van der Waals surface area contributed by atoms with Crippen molar-refractivity contribution in [2.75, 3.05) is 13.1 Å². The van der Waals surface area contributed by atoms with E-state index in [0.29, 0.717) is 13.1 Å². The molecule has 4 nitrogen and oxygen atoms in total. The fraction of sp³-hybridized carbons (Fsp3) is 1.00. The Balaban J connectivity index is 2.86. The maximum absolute atomic E-state index is 12.1. The molecule has 0 unspecified atom stereocenters. The second kappa shape index (κ2) is 3.79. The molecule has 0 radical (unpaired) electrons. The molecule has 0 aliphatic heterocycles. The maximum Gasteiger partial charge on any atom is 0.219 e. The third-order valence-corrected chi connectivity index (χ3v) is 5.03. The van der Waals surface area contributed by atoms with Crippen LogP contribution in [0.15, 0.2) is 0 Å². The summed E-state index contributed by atoms with van der Waals surface area (Å²) in [4.78, 5) is 0. The molecule has 2 N–H and O–H groups in total. The second-order valence-electron chi connectivity index (χ2n) is 4.75. The predicted molar refractivity (Wildman–Crippen MR) is 57.5 cm³/mol. The number of nitrogens with zero attached hydrogens (tertiary/aromatic N) is 1. The van der Waals surface area contributed by atoms with E-state index in [-0.39, 0.29) is 6.04 Å². The highest BCUT2D eigenvalue weighted by molar-refractivity contribution is 7.90. The zero-order chi connectivity index (χ0) is 11.0. The summed E-state index contributed by atoms with van der Waals surface area (Å²) in [7, 11) is -3.18. The van der Waals surface area contributed by atoms with Crippen molar-refractivity contribution in [3.05, 3.63) is 0 Å². The Morgan fingerprint density at radius 3 is 2.14 bits per heavy atom. The van der Waals surface area contributed by atoms with E-state index in [2.05, 4.69) is 0 Å². The molecule has 0 spiro atoms. The van der Waals surface area contributed by atoms with Gasteiger partial charge in [0.1, 0.15) is 0 Å². The van der Waals surface area contributed by atoms with Crippen LogP contribution in [0.5, 0.6) is 0 Å². The van der Waals surface area contributed by atoms with E-state index in [9.17, 15) is 8.42 Å². The van der Waals surface area contributed by atoms with Crippen LogP contribution in [0, 0.1) is 0 Å². The van der Waals surface area contributed by atoms with Crippen molar-refractivity contribution in [3.63, 3.8) is 0 Å². The zero-order valence-electron chi connectivity index (χ0n) is 9.16. The summed E-state index contributed by atoms with van der Waals surface area (Å²) in [5.41, 5.74) is 5.43. The summed E-state index contributed by atoms with van der Waals surface area (Å²) in [6.45, 7) is 6.03. The second-order valence-corrected chi connectivity index (χ2v) is 7.39. The van der Waals surface area contributed by atoms with Gasteiger partial charge in [-0.25, -0.2) is 8.42 Å². The summed E-state index contributed by atoms with van der Waals surface area (Å²) in [5, 5.41) is 0. The van der Waals surface area contributed by atoms with Gasteiger partial charge in [0.15, 0.2) is 0 Å². The summed E-state index contributed by atoms with van der Waals surface area (Å²) in [5.74, 6) is 0.